The smallest absolute Gasteiger partial charge is 0.0516 e. The van der Waals surface area contributed by atoms with Crippen molar-refractivity contribution in [1.29, 1.82) is 0 Å². The predicted molar refractivity (Wildman–Crippen MR) is 35.3 cm³/mol. The minimum Gasteiger partial charge on any atom is -0.381 e. The van der Waals surface area contributed by atoms with Crippen molar-refractivity contribution in [2.45, 2.75) is 19.3 Å². The van der Waals surface area contributed by atoms with Crippen LogP contribution in [0.15, 0.2) is 0 Å². The molecule has 0 aromatic heterocycles. The summed E-state index contributed by atoms with van der Waals surface area (Å²) < 4.78 is 5.00. The van der Waals surface area contributed by atoms with E-state index in [-0.39, 0.29) is 0 Å². The lowest BCUT2D eigenvalue weighted by Crippen LogP contribution is -2.27. The van der Waals surface area contributed by atoms with Crippen LogP contribution >= 0.6 is 0 Å². The summed E-state index contributed by atoms with van der Waals surface area (Å²) in [6.45, 7) is 1.88. The summed E-state index contributed by atoms with van der Waals surface area (Å²) in [5.74, 6) is 3.17. The zero-order valence-corrected chi connectivity index (χ0v) is 5.52. The van der Waals surface area contributed by atoms with E-state index in [1.54, 1.807) is 0 Å². The molecule has 1 nitrogen and oxygen atoms in total. The molecule has 0 unspecified atom stereocenters. The van der Waals surface area contributed by atoms with Gasteiger partial charge in [-0.25, -0.2) is 0 Å². The largest absolute Gasteiger partial charge is 0.381 e. The molecule has 1 saturated heterocycles. The van der Waals surface area contributed by atoms with Gasteiger partial charge >= 0.3 is 0 Å². The highest BCUT2D eigenvalue weighted by molar-refractivity contribution is 4.76. The van der Waals surface area contributed by atoms with E-state index in [4.69, 9.17) is 11.2 Å². The first-order chi connectivity index (χ1) is 4.43. The average Bonchev–Trinajstić information content (AvgIpc) is 1.76. The van der Waals surface area contributed by atoms with E-state index in [0.717, 1.165) is 32.0 Å². The van der Waals surface area contributed by atoms with E-state index in [2.05, 4.69) is 5.92 Å². The summed E-state index contributed by atoms with van der Waals surface area (Å²) >= 11 is 0. The third-order valence-electron chi connectivity index (χ3n) is 1.62. The van der Waals surface area contributed by atoms with Crippen LogP contribution in [0.3, 0.4) is 0 Å². The molecule has 1 aliphatic rings. The first-order valence-corrected chi connectivity index (χ1v) is 3.41. The standard InChI is InChI=1S/C8H11O/c1-2-3-4-5-8-6-9-7-8/h8H,3-7H2. The number of ether oxygens (including phenoxy) is 1. The van der Waals surface area contributed by atoms with Gasteiger partial charge < -0.3 is 4.74 Å². The SMILES string of the molecule is [C]#CCCCC1COC1. The van der Waals surface area contributed by atoms with Crippen molar-refractivity contribution in [3.8, 4) is 5.92 Å². The van der Waals surface area contributed by atoms with Crippen LogP contribution in [0.1, 0.15) is 19.3 Å². The van der Waals surface area contributed by atoms with E-state index in [1.807, 2.05) is 0 Å². The van der Waals surface area contributed by atoms with E-state index in [9.17, 15) is 0 Å². The van der Waals surface area contributed by atoms with Crippen LogP contribution in [0.2, 0.25) is 0 Å². The van der Waals surface area contributed by atoms with Crippen LogP contribution in [0.25, 0.3) is 0 Å². The second kappa shape index (κ2) is 3.53. The second-order valence-electron chi connectivity index (χ2n) is 2.47. The molecule has 0 N–H and O–H groups in total. The molecule has 1 heterocycles. The molecular weight excluding hydrogens is 112 g/mol. The highest BCUT2D eigenvalue weighted by Crippen LogP contribution is 2.16. The van der Waals surface area contributed by atoms with Crippen molar-refractivity contribution in [2.24, 2.45) is 5.92 Å². The number of hydrogen-bond acceptors (Lipinski definition) is 1. The van der Waals surface area contributed by atoms with Gasteiger partial charge in [0, 0.05) is 12.3 Å². The van der Waals surface area contributed by atoms with Gasteiger partial charge in [-0.05, 0) is 19.3 Å². The van der Waals surface area contributed by atoms with Gasteiger partial charge in [0.25, 0.3) is 0 Å². The molecule has 0 aliphatic carbocycles. The maximum Gasteiger partial charge on any atom is 0.0516 e. The molecule has 49 valence electrons. The Kier molecular flexibility index (Phi) is 2.60. The first kappa shape index (κ1) is 6.64. The first-order valence-electron chi connectivity index (χ1n) is 3.41. The molecule has 0 bridgehead atoms. The van der Waals surface area contributed by atoms with E-state index < -0.39 is 0 Å². The minimum absolute atomic E-state index is 0.790. The fraction of sp³-hybridized carbons (Fsp3) is 0.750. The van der Waals surface area contributed by atoms with Crippen molar-refractivity contribution in [3.63, 3.8) is 0 Å². The van der Waals surface area contributed by atoms with E-state index in [0.29, 0.717) is 0 Å². The minimum atomic E-state index is 0.790. The Bertz CT molecular complexity index is 108. The van der Waals surface area contributed by atoms with Crippen molar-refractivity contribution in [3.05, 3.63) is 6.42 Å². The van der Waals surface area contributed by atoms with E-state index >= 15 is 0 Å². The fourth-order valence-corrected chi connectivity index (χ4v) is 0.930. The Morgan fingerprint density at radius 2 is 2.33 bits per heavy atom. The summed E-state index contributed by atoms with van der Waals surface area (Å²) in [6, 6.07) is 0. The van der Waals surface area contributed by atoms with Crippen molar-refractivity contribution in [1.82, 2.24) is 0 Å². The molecule has 9 heavy (non-hydrogen) atoms. The predicted octanol–water partition coefficient (Wildman–Crippen LogP) is 1.39. The lowest BCUT2D eigenvalue weighted by Gasteiger charge is -2.25. The Morgan fingerprint density at radius 1 is 1.56 bits per heavy atom. The van der Waals surface area contributed by atoms with Gasteiger partial charge in [-0.2, -0.15) is 0 Å². The van der Waals surface area contributed by atoms with Crippen LogP contribution in [0.4, 0.5) is 0 Å². The molecule has 1 heteroatoms. The second-order valence-corrected chi connectivity index (χ2v) is 2.47. The molecule has 0 amide bonds. The highest BCUT2D eigenvalue weighted by Gasteiger charge is 2.16. The van der Waals surface area contributed by atoms with Gasteiger partial charge in [-0.3, -0.25) is 0 Å². The van der Waals surface area contributed by atoms with Crippen LogP contribution in [0, 0.1) is 18.3 Å². The van der Waals surface area contributed by atoms with Crippen LogP contribution in [0.5, 0.6) is 0 Å². The topological polar surface area (TPSA) is 9.23 Å². The molecule has 0 atom stereocenters. The Morgan fingerprint density at radius 3 is 2.78 bits per heavy atom. The average molecular weight is 123 g/mol. The van der Waals surface area contributed by atoms with Gasteiger partial charge in [0.1, 0.15) is 0 Å². The molecule has 0 spiro atoms. The number of rotatable bonds is 3. The molecule has 1 fully saturated rings. The molecule has 1 aliphatic heterocycles. The molecule has 1 rings (SSSR count). The molecule has 1 radical (unpaired) electrons. The van der Waals surface area contributed by atoms with E-state index in [1.165, 1.54) is 6.42 Å². The van der Waals surface area contributed by atoms with Crippen molar-refractivity contribution < 1.29 is 4.74 Å². The Labute approximate surface area is 56.4 Å². The van der Waals surface area contributed by atoms with Crippen LogP contribution < -0.4 is 0 Å². The summed E-state index contributed by atoms with van der Waals surface area (Å²) in [4.78, 5) is 0. The molecule has 0 saturated carbocycles. The van der Waals surface area contributed by atoms with Crippen molar-refractivity contribution >= 4 is 0 Å². The normalized spacial score (nSPS) is 18.6. The Balaban J connectivity index is 1.87. The summed E-state index contributed by atoms with van der Waals surface area (Å²) in [6.07, 6.45) is 9.78. The highest BCUT2D eigenvalue weighted by atomic mass is 16.5. The third-order valence-corrected chi connectivity index (χ3v) is 1.62. The fourth-order valence-electron chi connectivity index (χ4n) is 0.930. The zero-order valence-electron chi connectivity index (χ0n) is 5.52. The summed E-state index contributed by atoms with van der Waals surface area (Å²) in [5.41, 5.74) is 0. The van der Waals surface area contributed by atoms with Crippen LogP contribution in [-0.2, 0) is 4.74 Å². The zero-order chi connectivity index (χ0) is 6.53. The number of unbranched alkanes of at least 4 members (excludes halogenated alkanes) is 1. The monoisotopic (exact) mass is 123 g/mol. The lowest BCUT2D eigenvalue weighted by molar-refractivity contribution is -0.0360. The maximum atomic E-state index is 6.64. The lowest BCUT2D eigenvalue weighted by atomic mass is 10.0. The number of hydrogen-bond donors (Lipinski definition) is 0. The summed E-state index contributed by atoms with van der Waals surface area (Å²) in [7, 11) is 0. The van der Waals surface area contributed by atoms with Gasteiger partial charge in [0.05, 0.1) is 13.2 Å². The van der Waals surface area contributed by atoms with Gasteiger partial charge in [0.15, 0.2) is 0 Å². The quantitative estimate of drug-likeness (QED) is 0.407. The van der Waals surface area contributed by atoms with Crippen LogP contribution in [-0.4, -0.2) is 13.2 Å². The summed E-state index contributed by atoms with van der Waals surface area (Å²) in [5, 5.41) is 0. The maximum absolute atomic E-state index is 6.64. The molecule has 0 aromatic rings. The van der Waals surface area contributed by atoms with Gasteiger partial charge in [-0.1, -0.05) is 5.92 Å². The Hall–Kier alpha value is -0.480. The van der Waals surface area contributed by atoms with Gasteiger partial charge in [0.2, 0.25) is 0 Å². The third kappa shape index (κ3) is 2.07. The van der Waals surface area contributed by atoms with Crippen molar-refractivity contribution in [2.75, 3.05) is 13.2 Å². The van der Waals surface area contributed by atoms with Gasteiger partial charge in [-0.15, -0.1) is 0 Å². The molecular formula is C8H11O. The molecule has 0 aromatic carbocycles.